The van der Waals surface area contributed by atoms with Crippen molar-refractivity contribution in [2.24, 2.45) is 0 Å². The van der Waals surface area contributed by atoms with Crippen LogP contribution in [0.2, 0.25) is 0 Å². The predicted octanol–water partition coefficient (Wildman–Crippen LogP) is 2.91. The average molecular weight is 290 g/mol. The Hall–Kier alpha value is -1.70. The van der Waals surface area contributed by atoms with Gasteiger partial charge in [-0.15, -0.1) is 13.2 Å². The summed E-state index contributed by atoms with van der Waals surface area (Å²) in [5.41, 5.74) is 0.611. The van der Waals surface area contributed by atoms with Crippen LogP contribution in [0, 0.1) is 12.3 Å². The van der Waals surface area contributed by atoms with E-state index >= 15 is 0 Å². The van der Waals surface area contributed by atoms with Crippen LogP contribution >= 0.6 is 11.8 Å². The molecular formula is C11H9F3N2O2S. The third-order valence-electron chi connectivity index (χ3n) is 2.37. The number of hydrogen-bond donors (Lipinski definition) is 1. The Labute approximate surface area is 111 Å². The van der Waals surface area contributed by atoms with Gasteiger partial charge in [0.25, 0.3) is 0 Å². The fraction of sp³-hybridized carbons (Fsp3) is 0.273. The van der Waals surface area contributed by atoms with Gasteiger partial charge in [0.1, 0.15) is 0 Å². The average Bonchev–Trinajstić information content (AvgIpc) is 2.60. The number of carbonyl (C=O) groups excluding carboxylic acids is 1. The van der Waals surface area contributed by atoms with Crippen LogP contribution in [0.5, 0.6) is 5.75 Å². The first-order valence-corrected chi connectivity index (χ1v) is 6.17. The minimum absolute atomic E-state index is 0.0399. The van der Waals surface area contributed by atoms with Crippen LogP contribution < -0.4 is 9.64 Å². The number of halogens is 3. The van der Waals surface area contributed by atoms with Crippen molar-refractivity contribution in [2.45, 2.75) is 13.3 Å². The molecule has 1 fully saturated rings. The third-order valence-corrected chi connectivity index (χ3v) is 3.21. The van der Waals surface area contributed by atoms with Crippen LogP contribution in [-0.2, 0) is 4.79 Å². The van der Waals surface area contributed by atoms with Gasteiger partial charge < -0.3 is 4.74 Å². The van der Waals surface area contributed by atoms with Crippen molar-refractivity contribution in [1.29, 1.82) is 5.41 Å². The highest BCUT2D eigenvalue weighted by molar-refractivity contribution is 8.15. The zero-order valence-electron chi connectivity index (χ0n) is 9.75. The molecule has 0 aliphatic carbocycles. The number of rotatable bonds is 2. The molecule has 8 heteroatoms. The molecule has 1 amide bonds. The molecule has 2 rings (SSSR count). The number of nitrogens with one attached hydrogen (secondary N) is 1. The molecule has 0 aromatic heterocycles. The van der Waals surface area contributed by atoms with Crippen LogP contribution in [0.25, 0.3) is 0 Å². The lowest BCUT2D eigenvalue weighted by molar-refractivity contribution is -0.274. The maximum Gasteiger partial charge on any atom is 0.573 e. The van der Waals surface area contributed by atoms with E-state index in [1.54, 1.807) is 6.92 Å². The second-order valence-electron chi connectivity index (χ2n) is 3.84. The molecule has 0 radical (unpaired) electrons. The summed E-state index contributed by atoms with van der Waals surface area (Å²) in [5.74, 6) is -0.885. The molecule has 4 nitrogen and oxygen atoms in total. The molecule has 0 atom stereocenters. The van der Waals surface area contributed by atoms with E-state index in [1.807, 2.05) is 0 Å². The van der Waals surface area contributed by atoms with Crippen LogP contribution in [0.1, 0.15) is 5.56 Å². The zero-order valence-corrected chi connectivity index (χ0v) is 10.6. The second-order valence-corrected chi connectivity index (χ2v) is 4.81. The molecule has 1 aromatic carbocycles. The summed E-state index contributed by atoms with van der Waals surface area (Å²) in [6.45, 7) is 1.68. The minimum Gasteiger partial charge on any atom is -0.404 e. The summed E-state index contributed by atoms with van der Waals surface area (Å²) in [4.78, 5) is 12.6. The Morgan fingerprint density at radius 3 is 2.63 bits per heavy atom. The van der Waals surface area contributed by atoms with Gasteiger partial charge in [0, 0.05) is 0 Å². The van der Waals surface area contributed by atoms with E-state index in [9.17, 15) is 18.0 Å². The van der Waals surface area contributed by atoms with Crippen molar-refractivity contribution in [3.05, 3.63) is 23.8 Å². The molecule has 1 heterocycles. The fourth-order valence-corrected chi connectivity index (χ4v) is 2.35. The highest BCUT2D eigenvalue weighted by Crippen LogP contribution is 2.37. The van der Waals surface area contributed by atoms with Crippen molar-refractivity contribution in [3.8, 4) is 5.75 Å². The van der Waals surface area contributed by atoms with E-state index in [0.717, 1.165) is 22.7 Å². The zero-order chi connectivity index (χ0) is 14.2. The van der Waals surface area contributed by atoms with Gasteiger partial charge in [0.05, 0.1) is 11.4 Å². The summed E-state index contributed by atoms with van der Waals surface area (Å²) in [7, 11) is 0. The van der Waals surface area contributed by atoms with E-state index in [1.165, 1.54) is 12.1 Å². The Bertz CT molecular complexity index is 529. The van der Waals surface area contributed by atoms with Crippen LogP contribution in [0.4, 0.5) is 18.9 Å². The molecule has 0 unspecified atom stereocenters. The van der Waals surface area contributed by atoms with Gasteiger partial charge >= 0.3 is 6.36 Å². The molecular weight excluding hydrogens is 281 g/mol. The normalized spacial score (nSPS) is 16.1. The number of nitrogens with zero attached hydrogens (tertiary/aromatic N) is 1. The maximum atomic E-state index is 12.3. The summed E-state index contributed by atoms with van der Waals surface area (Å²) in [5, 5.41) is 7.49. The summed E-state index contributed by atoms with van der Waals surface area (Å²) < 4.78 is 40.9. The molecule has 0 spiro atoms. The molecule has 1 N–H and O–H groups in total. The molecule has 1 aromatic rings. The maximum absolute atomic E-state index is 12.3. The minimum atomic E-state index is -4.85. The Kier molecular flexibility index (Phi) is 3.44. The van der Waals surface area contributed by atoms with Crippen molar-refractivity contribution < 1.29 is 22.7 Å². The molecule has 0 saturated carbocycles. The van der Waals surface area contributed by atoms with Crippen LogP contribution in [0.3, 0.4) is 0 Å². The van der Waals surface area contributed by atoms with Crippen LogP contribution in [0.15, 0.2) is 18.2 Å². The topological polar surface area (TPSA) is 53.4 Å². The lowest BCUT2D eigenvalue weighted by atomic mass is 10.2. The molecule has 0 bridgehead atoms. The SMILES string of the molecule is Cc1ccc(OC(F)(F)F)c(N2C(=N)SCC2=O)c1. The first-order valence-electron chi connectivity index (χ1n) is 5.18. The first kappa shape index (κ1) is 13.7. The number of anilines is 1. The van der Waals surface area contributed by atoms with Gasteiger partial charge in [0.2, 0.25) is 5.91 Å². The van der Waals surface area contributed by atoms with Gasteiger partial charge in [-0.05, 0) is 24.6 Å². The molecule has 102 valence electrons. The summed E-state index contributed by atoms with van der Waals surface area (Å²) >= 11 is 0.964. The lowest BCUT2D eigenvalue weighted by Crippen LogP contribution is -2.30. The fourth-order valence-electron chi connectivity index (χ4n) is 1.63. The van der Waals surface area contributed by atoms with E-state index < -0.39 is 18.0 Å². The summed E-state index contributed by atoms with van der Waals surface area (Å²) in [6, 6.07) is 3.98. The third kappa shape index (κ3) is 3.01. The number of aryl methyl sites for hydroxylation is 1. The Balaban J connectivity index is 2.45. The van der Waals surface area contributed by atoms with E-state index in [-0.39, 0.29) is 16.6 Å². The highest BCUT2D eigenvalue weighted by atomic mass is 32.2. The number of hydrogen-bond acceptors (Lipinski definition) is 4. The Morgan fingerprint density at radius 2 is 2.11 bits per heavy atom. The van der Waals surface area contributed by atoms with Crippen molar-refractivity contribution >= 4 is 28.5 Å². The van der Waals surface area contributed by atoms with Crippen molar-refractivity contribution in [3.63, 3.8) is 0 Å². The molecule has 1 aliphatic heterocycles. The number of alkyl halides is 3. The lowest BCUT2D eigenvalue weighted by Gasteiger charge is -2.20. The van der Waals surface area contributed by atoms with Gasteiger partial charge in [-0.3, -0.25) is 15.1 Å². The van der Waals surface area contributed by atoms with Gasteiger partial charge in [-0.25, -0.2) is 0 Å². The van der Waals surface area contributed by atoms with E-state index in [2.05, 4.69) is 4.74 Å². The molecule has 1 aliphatic rings. The number of ether oxygens (including phenoxy) is 1. The molecule has 1 saturated heterocycles. The number of thioether (sulfide) groups is 1. The monoisotopic (exact) mass is 290 g/mol. The van der Waals surface area contributed by atoms with Crippen molar-refractivity contribution in [1.82, 2.24) is 0 Å². The van der Waals surface area contributed by atoms with Gasteiger partial charge in [0.15, 0.2) is 10.9 Å². The largest absolute Gasteiger partial charge is 0.573 e. The Morgan fingerprint density at radius 1 is 1.42 bits per heavy atom. The quantitative estimate of drug-likeness (QED) is 0.911. The number of carbonyl (C=O) groups is 1. The molecule has 19 heavy (non-hydrogen) atoms. The first-order chi connectivity index (χ1) is 8.78. The number of amides is 1. The number of benzene rings is 1. The summed E-state index contributed by atoms with van der Waals surface area (Å²) in [6.07, 6.45) is -4.85. The second kappa shape index (κ2) is 4.76. The van der Waals surface area contributed by atoms with Crippen molar-refractivity contribution in [2.75, 3.05) is 10.7 Å². The smallest absolute Gasteiger partial charge is 0.404 e. The number of amidine groups is 1. The predicted molar refractivity (Wildman–Crippen MR) is 65.5 cm³/mol. The van der Waals surface area contributed by atoms with Gasteiger partial charge in [-0.1, -0.05) is 17.8 Å². The van der Waals surface area contributed by atoms with E-state index in [4.69, 9.17) is 5.41 Å². The van der Waals surface area contributed by atoms with Crippen LogP contribution in [-0.4, -0.2) is 23.2 Å². The highest BCUT2D eigenvalue weighted by Gasteiger charge is 2.36. The standard InChI is InChI=1S/C11H9F3N2O2S/c1-6-2-3-8(18-11(12,13)14)7(4-6)16-9(17)5-19-10(16)15/h2-4,15H,5H2,1H3. The van der Waals surface area contributed by atoms with E-state index in [0.29, 0.717) is 5.56 Å². The van der Waals surface area contributed by atoms with Gasteiger partial charge in [-0.2, -0.15) is 0 Å².